The van der Waals surface area contributed by atoms with E-state index in [-0.39, 0.29) is 0 Å². The summed E-state index contributed by atoms with van der Waals surface area (Å²) in [6.45, 7) is 0. The number of halogens is 1. The van der Waals surface area contributed by atoms with Gasteiger partial charge in [0.2, 0.25) is 0 Å². The molecule has 2 heterocycles. The van der Waals surface area contributed by atoms with Crippen LogP contribution in [-0.4, -0.2) is 33.7 Å². The lowest BCUT2D eigenvalue weighted by Crippen LogP contribution is -2.01. The molecule has 30 heavy (non-hydrogen) atoms. The van der Waals surface area contributed by atoms with E-state index in [9.17, 15) is 0 Å². The third-order valence-corrected chi connectivity index (χ3v) is 5.15. The van der Waals surface area contributed by atoms with Crippen molar-refractivity contribution in [2.75, 3.05) is 14.2 Å². The quantitative estimate of drug-likeness (QED) is 0.397. The number of rotatable bonds is 4. The van der Waals surface area contributed by atoms with E-state index in [2.05, 4.69) is 0 Å². The first-order valence-corrected chi connectivity index (χ1v) is 9.69. The van der Waals surface area contributed by atoms with Gasteiger partial charge in [0.1, 0.15) is 5.82 Å². The Kier molecular flexibility index (Phi) is 4.48. The zero-order valence-electron chi connectivity index (χ0n) is 16.3. The van der Waals surface area contributed by atoms with Gasteiger partial charge in [-0.1, -0.05) is 23.7 Å². The molecule has 0 spiro atoms. The average Bonchev–Trinajstić information content (AvgIpc) is 3.15. The lowest BCUT2D eigenvalue weighted by Gasteiger charge is -2.13. The fourth-order valence-electron chi connectivity index (χ4n) is 3.46. The minimum atomic E-state index is 0.563. The molecule has 0 aliphatic carbocycles. The molecule has 0 radical (unpaired) electrons. The third-order valence-electron chi connectivity index (χ3n) is 4.90. The number of para-hydroxylation sites is 2. The minimum Gasteiger partial charge on any atom is -0.493 e. The predicted molar refractivity (Wildman–Crippen MR) is 118 cm³/mol. The first-order chi connectivity index (χ1) is 14.7. The number of ether oxygens (including phenoxy) is 2. The third kappa shape index (κ3) is 3.02. The molecular formula is C23H17ClN4O2. The fraction of sp³-hybridized carbons (Fsp3) is 0.0870. The number of aromatic nitrogens is 4. The molecule has 5 rings (SSSR count). The molecule has 3 aromatic carbocycles. The Morgan fingerprint density at radius 3 is 2.17 bits per heavy atom. The summed E-state index contributed by atoms with van der Waals surface area (Å²) in [5.74, 6) is 1.98. The number of benzene rings is 3. The van der Waals surface area contributed by atoms with Crippen molar-refractivity contribution in [2.45, 2.75) is 0 Å². The summed E-state index contributed by atoms with van der Waals surface area (Å²) in [4.78, 5) is 14.4. The number of imidazole rings is 1. The second-order valence-electron chi connectivity index (χ2n) is 6.68. The molecule has 0 bridgehead atoms. The number of hydrogen-bond donors (Lipinski definition) is 0. The molecule has 0 aliphatic heterocycles. The van der Waals surface area contributed by atoms with E-state index in [0.29, 0.717) is 33.6 Å². The summed E-state index contributed by atoms with van der Waals surface area (Å²) in [6, 6.07) is 21.0. The van der Waals surface area contributed by atoms with Crippen LogP contribution >= 0.6 is 11.6 Å². The van der Waals surface area contributed by atoms with Crippen LogP contribution in [-0.2, 0) is 0 Å². The Morgan fingerprint density at radius 1 is 0.767 bits per heavy atom. The SMILES string of the molecule is COc1ccc(-n2c(-c3ccc(Cl)cc3)nc3nc4ccccc4nc32)cc1OC. The van der Waals surface area contributed by atoms with Crippen LogP contribution in [0.5, 0.6) is 11.5 Å². The van der Waals surface area contributed by atoms with Crippen LogP contribution in [0.1, 0.15) is 0 Å². The molecule has 0 atom stereocenters. The van der Waals surface area contributed by atoms with E-state index < -0.39 is 0 Å². The lowest BCUT2D eigenvalue weighted by molar-refractivity contribution is 0.355. The van der Waals surface area contributed by atoms with Crippen molar-refractivity contribution >= 4 is 33.9 Å². The van der Waals surface area contributed by atoms with Gasteiger partial charge in [0.15, 0.2) is 22.8 Å². The molecule has 0 amide bonds. The largest absolute Gasteiger partial charge is 0.493 e. The maximum Gasteiger partial charge on any atom is 0.199 e. The smallest absolute Gasteiger partial charge is 0.199 e. The van der Waals surface area contributed by atoms with E-state index >= 15 is 0 Å². The molecule has 7 heteroatoms. The first kappa shape index (κ1) is 18.4. The van der Waals surface area contributed by atoms with Crippen molar-refractivity contribution in [1.82, 2.24) is 19.5 Å². The Morgan fingerprint density at radius 2 is 1.47 bits per heavy atom. The van der Waals surface area contributed by atoms with Gasteiger partial charge in [0.05, 0.1) is 30.9 Å². The van der Waals surface area contributed by atoms with E-state index in [4.69, 9.17) is 36.0 Å². The molecule has 0 saturated carbocycles. The van der Waals surface area contributed by atoms with Crippen molar-refractivity contribution in [3.05, 3.63) is 71.8 Å². The van der Waals surface area contributed by atoms with Crippen LogP contribution in [0.15, 0.2) is 66.7 Å². The van der Waals surface area contributed by atoms with Crippen LogP contribution in [0.4, 0.5) is 0 Å². The normalized spacial score (nSPS) is 11.2. The molecule has 2 aromatic heterocycles. The van der Waals surface area contributed by atoms with Gasteiger partial charge in [-0.15, -0.1) is 0 Å². The van der Waals surface area contributed by atoms with Gasteiger partial charge in [0, 0.05) is 16.7 Å². The molecule has 0 unspecified atom stereocenters. The zero-order valence-corrected chi connectivity index (χ0v) is 17.1. The summed E-state index contributed by atoms with van der Waals surface area (Å²) in [6.07, 6.45) is 0. The van der Waals surface area contributed by atoms with Crippen LogP contribution in [0.25, 0.3) is 39.4 Å². The number of fused-ring (bicyclic) bond motifs is 2. The highest BCUT2D eigenvalue weighted by Crippen LogP contribution is 2.34. The van der Waals surface area contributed by atoms with E-state index in [1.807, 2.05) is 71.3 Å². The molecule has 6 nitrogen and oxygen atoms in total. The maximum atomic E-state index is 6.10. The first-order valence-electron chi connectivity index (χ1n) is 9.31. The molecule has 0 aliphatic rings. The molecule has 0 fully saturated rings. The Hall–Kier alpha value is -3.64. The van der Waals surface area contributed by atoms with Crippen molar-refractivity contribution in [3.8, 4) is 28.6 Å². The number of nitrogens with zero attached hydrogens (tertiary/aromatic N) is 4. The molecule has 5 aromatic rings. The fourth-order valence-corrected chi connectivity index (χ4v) is 3.58. The van der Waals surface area contributed by atoms with Crippen molar-refractivity contribution < 1.29 is 9.47 Å². The van der Waals surface area contributed by atoms with Gasteiger partial charge in [0.25, 0.3) is 0 Å². The molecule has 0 N–H and O–H groups in total. The molecule has 0 saturated heterocycles. The van der Waals surface area contributed by atoms with Gasteiger partial charge >= 0.3 is 0 Å². The van der Waals surface area contributed by atoms with Crippen molar-refractivity contribution in [3.63, 3.8) is 0 Å². The maximum absolute atomic E-state index is 6.10. The highest BCUT2D eigenvalue weighted by molar-refractivity contribution is 6.30. The van der Waals surface area contributed by atoms with Crippen LogP contribution in [0.3, 0.4) is 0 Å². The van der Waals surface area contributed by atoms with Gasteiger partial charge in [-0.2, -0.15) is 0 Å². The summed E-state index contributed by atoms with van der Waals surface area (Å²) in [7, 11) is 3.22. The van der Waals surface area contributed by atoms with Gasteiger partial charge in [-0.3, -0.25) is 4.57 Å². The minimum absolute atomic E-state index is 0.563. The van der Waals surface area contributed by atoms with E-state index in [0.717, 1.165) is 22.3 Å². The zero-order chi connectivity index (χ0) is 20.7. The van der Waals surface area contributed by atoms with E-state index in [1.54, 1.807) is 14.2 Å². The van der Waals surface area contributed by atoms with Gasteiger partial charge in [-0.05, 0) is 48.5 Å². The Labute approximate surface area is 177 Å². The number of methoxy groups -OCH3 is 2. The van der Waals surface area contributed by atoms with Crippen LogP contribution in [0, 0.1) is 0 Å². The highest BCUT2D eigenvalue weighted by Gasteiger charge is 2.19. The van der Waals surface area contributed by atoms with Gasteiger partial charge < -0.3 is 9.47 Å². The summed E-state index contributed by atoms with van der Waals surface area (Å²) < 4.78 is 12.9. The summed E-state index contributed by atoms with van der Waals surface area (Å²) >= 11 is 6.10. The lowest BCUT2D eigenvalue weighted by atomic mass is 10.2. The van der Waals surface area contributed by atoms with Crippen molar-refractivity contribution in [2.24, 2.45) is 0 Å². The molecule has 148 valence electrons. The second kappa shape index (κ2) is 7.31. The Balaban J connectivity index is 1.84. The highest BCUT2D eigenvalue weighted by atomic mass is 35.5. The summed E-state index contributed by atoms with van der Waals surface area (Å²) in [5, 5.41) is 0.662. The van der Waals surface area contributed by atoms with Crippen LogP contribution < -0.4 is 9.47 Å². The van der Waals surface area contributed by atoms with Crippen molar-refractivity contribution in [1.29, 1.82) is 0 Å². The summed E-state index contributed by atoms with van der Waals surface area (Å²) in [5.41, 5.74) is 4.56. The number of hydrogen-bond acceptors (Lipinski definition) is 5. The predicted octanol–water partition coefficient (Wildman–Crippen LogP) is 5.31. The van der Waals surface area contributed by atoms with Gasteiger partial charge in [-0.25, -0.2) is 15.0 Å². The van der Waals surface area contributed by atoms with Crippen LogP contribution in [0.2, 0.25) is 5.02 Å². The Bertz CT molecular complexity index is 1380. The van der Waals surface area contributed by atoms with E-state index in [1.165, 1.54) is 0 Å². The molecular weight excluding hydrogens is 400 g/mol. The topological polar surface area (TPSA) is 62.1 Å². The monoisotopic (exact) mass is 416 g/mol. The standard InChI is InChI=1S/C23H17ClN4O2/c1-29-19-12-11-16(13-20(19)30-2)28-22(14-7-9-15(24)10-8-14)27-21-23(28)26-18-6-4-3-5-17(18)25-21/h3-13H,1-2H3. The average molecular weight is 417 g/mol. The second-order valence-corrected chi connectivity index (χ2v) is 7.11.